The molecule has 0 aliphatic carbocycles. The number of rotatable bonds is 7. The summed E-state index contributed by atoms with van der Waals surface area (Å²) in [6, 6.07) is 14.7. The molecule has 0 fully saturated rings. The predicted molar refractivity (Wildman–Crippen MR) is 87.7 cm³/mol. The SMILES string of the molecule is O=C(CNc1cccc(C(F)(F)F)c1)NCCCc1ccccc1. The Bertz CT molecular complexity index is 657. The van der Waals surface area contributed by atoms with E-state index in [0.29, 0.717) is 6.54 Å². The molecule has 0 aromatic heterocycles. The van der Waals surface area contributed by atoms with Crippen LogP contribution in [0.25, 0.3) is 0 Å². The van der Waals surface area contributed by atoms with Gasteiger partial charge < -0.3 is 10.6 Å². The van der Waals surface area contributed by atoms with Gasteiger partial charge in [0, 0.05) is 12.2 Å². The van der Waals surface area contributed by atoms with Gasteiger partial charge in [-0.25, -0.2) is 0 Å². The van der Waals surface area contributed by atoms with E-state index < -0.39 is 11.7 Å². The van der Waals surface area contributed by atoms with Gasteiger partial charge in [-0.1, -0.05) is 36.4 Å². The zero-order chi connectivity index (χ0) is 17.4. The van der Waals surface area contributed by atoms with Gasteiger partial charge in [-0.05, 0) is 36.6 Å². The highest BCUT2D eigenvalue weighted by Gasteiger charge is 2.30. The first kappa shape index (κ1) is 17.8. The molecule has 0 spiro atoms. The van der Waals surface area contributed by atoms with Crippen molar-refractivity contribution in [1.82, 2.24) is 5.32 Å². The molecule has 0 saturated heterocycles. The highest BCUT2D eigenvalue weighted by Crippen LogP contribution is 2.30. The normalized spacial score (nSPS) is 11.1. The van der Waals surface area contributed by atoms with Gasteiger partial charge in [0.2, 0.25) is 5.91 Å². The number of carbonyl (C=O) groups is 1. The van der Waals surface area contributed by atoms with Gasteiger partial charge in [0.15, 0.2) is 0 Å². The highest BCUT2D eigenvalue weighted by molar-refractivity contribution is 5.80. The Morgan fingerprint density at radius 3 is 2.46 bits per heavy atom. The number of nitrogens with one attached hydrogen (secondary N) is 2. The molecule has 0 bridgehead atoms. The van der Waals surface area contributed by atoms with Crippen molar-refractivity contribution in [2.75, 3.05) is 18.4 Å². The van der Waals surface area contributed by atoms with Gasteiger partial charge >= 0.3 is 6.18 Å². The van der Waals surface area contributed by atoms with E-state index in [4.69, 9.17) is 0 Å². The summed E-state index contributed by atoms with van der Waals surface area (Å²) in [4.78, 5) is 11.7. The average molecular weight is 336 g/mol. The summed E-state index contributed by atoms with van der Waals surface area (Å²) in [5, 5.41) is 5.45. The van der Waals surface area contributed by atoms with Crippen LogP contribution in [0.5, 0.6) is 0 Å². The summed E-state index contributed by atoms with van der Waals surface area (Å²) in [7, 11) is 0. The molecule has 0 atom stereocenters. The summed E-state index contributed by atoms with van der Waals surface area (Å²) >= 11 is 0. The summed E-state index contributed by atoms with van der Waals surface area (Å²) in [6.45, 7) is 0.463. The van der Waals surface area contributed by atoms with E-state index in [2.05, 4.69) is 10.6 Å². The van der Waals surface area contributed by atoms with E-state index >= 15 is 0 Å². The lowest BCUT2D eigenvalue weighted by Gasteiger charge is -2.11. The second-order valence-corrected chi connectivity index (χ2v) is 5.37. The number of alkyl halides is 3. The molecule has 0 unspecified atom stereocenters. The number of halogens is 3. The van der Waals surface area contributed by atoms with Crippen LogP contribution in [0.2, 0.25) is 0 Å². The molecule has 3 nitrogen and oxygen atoms in total. The van der Waals surface area contributed by atoms with E-state index in [1.807, 2.05) is 30.3 Å². The summed E-state index contributed by atoms with van der Waals surface area (Å²) < 4.78 is 37.8. The van der Waals surface area contributed by atoms with E-state index in [0.717, 1.165) is 25.0 Å². The lowest BCUT2D eigenvalue weighted by atomic mass is 10.1. The smallest absolute Gasteiger partial charge is 0.376 e. The van der Waals surface area contributed by atoms with Gasteiger partial charge in [-0.3, -0.25) is 4.79 Å². The fourth-order valence-corrected chi connectivity index (χ4v) is 2.22. The fourth-order valence-electron chi connectivity index (χ4n) is 2.22. The molecule has 6 heteroatoms. The van der Waals surface area contributed by atoms with Crippen molar-refractivity contribution in [3.8, 4) is 0 Å². The molecule has 128 valence electrons. The third-order valence-corrected chi connectivity index (χ3v) is 3.45. The maximum Gasteiger partial charge on any atom is 0.416 e. The van der Waals surface area contributed by atoms with Crippen LogP contribution in [0.4, 0.5) is 18.9 Å². The quantitative estimate of drug-likeness (QED) is 0.754. The summed E-state index contributed by atoms with van der Waals surface area (Å²) in [5.74, 6) is -0.250. The van der Waals surface area contributed by atoms with Gasteiger partial charge in [0.25, 0.3) is 0 Å². The van der Waals surface area contributed by atoms with Crippen molar-refractivity contribution < 1.29 is 18.0 Å². The molecule has 2 aromatic rings. The molecule has 0 heterocycles. The van der Waals surface area contributed by atoms with Gasteiger partial charge in [0.05, 0.1) is 12.1 Å². The molecule has 1 amide bonds. The lowest BCUT2D eigenvalue weighted by Crippen LogP contribution is -2.30. The monoisotopic (exact) mass is 336 g/mol. The first-order valence-corrected chi connectivity index (χ1v) is 7.67. The Labute approximate surface area is 138 Å². The first-order valence-electron chi connectivity index (χ1n) is 7.67. The van der Waals surface area contributed by atoms with Crippen LogP contribution in [0.1, 0.15) is 17.5 Å². The molecule has 0 aliphatic heterocycles. The molecule has 2 aromatic carbocycles. The van der Waals surface area contributed by atoms with E-state index in [9.17, 15) is 18.0 Å². The standard InChI is InChI=1S/C18H19F3N2O/c19-18(20,21)15-9-4-10-16(12-15)23-13-17(24)22-11-5-8-14-6-2-1-3-7-14/h1-4,6-7,9-10,12,23H,5,8,11,13H2,(H,22,24). The fraction of sp³-hybridized carbons (Fsp3) is 0.278. The number of hydrogen-bond acceptors (Lipinski definition) is 2. The second-order valence-electron chi connectivity index (χ2n) is 5.37. The van der Waals surface area contributed by atoms with E-state index in [1.165, 1.54) is 17.7 Å². The van der Waals surface area contributed by atoms with Crippen LogP contribution >= 0.6 is 0 Å². The van der Waals surface area contributed by atoms with Crippen molar-refractivity contribution in [1.29, 1.82) is 0 Å². The lowest BCUT2D eigenvalue weighted by molar-refractivity contribution is -0.137. The van der Waals surface area contributed by atoms with Crippen LogP contribution in [0, 0.1) is 0 Å². The maximum absolute atomic E-state index is 12.6. The Morgan fingerprint density at radius 1 is 1.00 bits per heavy atom. The van der Waals surface area contributed by atoms with Crippen LogP contribution in [0.3, 0.4) is 0 Å². The van der Waals surface area contributed by atoms with E-state index in [1.54, 1.807) is 0 Å². The van der Waals surface area contributed by atoms with Crippen molar-refractivity contribution in [2.24, 2.45) is 0 Å². The molecule has 2 rings (SSSR count). The van der Waals surface area contributed by atoms with Gasteiger partial charge in [-0.15, -0.1) is 0 Å². The first-order chi connectivity index (χ1) is 11.4. The minimum absolute atomic E-state index is 0.0628. The minimum Gasteiger partial charge on any atom is -0.376 e. The Morgan fingerprint density at radius 2 is 1.75 bits per heavy atom. The largest absolute Gasteiger partial charge is 0.416 e. The molecule has 0 radical (unpaired) electrons. The second kappa shape index (κ2) is 8.38. The van der Waals surface area contributed by atoms with Crippen LogP contribution < -0.4 is 10.6 Å². The van der Waals surface area contributed by atoms with Crippen molar-refractivity contribution in [2.45, 2.75) is 19.0 Å². The molecular weight excluding hydrogens is 317 g/mol. The Kier molecular flexibility index (Phi) is 6.23. The Balaban J connectivity index is 1.70. The maximum atomic E-state index is 12.6. The van der Waals surface area contributed by atoms with Crippen LogP contribution in [-0.2, 0) is 17.4 Å². The number of carbonyl (C=O) groups excluding carboxylic acids is 1. The molecule has 2 N–H and O–H groups in total. The van der Waals surface area contributed by atoms with E-state index in [-0.39, 0.29) is 18.1 Å². The highest BCUT2D eigenvalue weighted by atomic mass is 19.4. The van der Waals surface area contributed by atoms with Crippen LogP contribution in [-0.4, -0.2) is 19.0 Å². The number of benzene rings is 2. The summed E-state index contributed by atoms with van der Waals surface area (Å²) in [6.07, 6.45) is -2.72. The van der Waals surface area contributed by atoms with Crippen molar-refractivity contribution in [3.63, 3.8) is 0 Å². The zero-order valence-corrected chi connectivity index (χ0v) is 13.1. The van der Waals surface area contributed by atoms with Crippen molar-refractivity contribution >= 4 is 11.6 Å². The number of aryl methyl sites for hydroxylation is 1. The topological polar surface area (TPSA) is 41.1 Å². The molecule has 0 aliphatic rings. The van der Waals surface area contributed by atoms with Crippen LogP contribution in [0.15, 0.2) is 54.6 Å². The number of hydrogen-bond donors (Lipinski definition) is 2. The molecule has 24 heavy (non-hydrogen) atoms. The third-order valence-electron chi connectivity index (χ3n) is 3.45. The third kappa shape index (κ3) is 5.95. The number of anilines is 1. The van der Waals surface area contributed by atoms with Crippen molar-refractivity contribution in [3.05, 3.63) is 65.7 Å². The average Bonchev–Trinajstić information content (AvgIpc) is 2.57. The van der Waals surface area contributed by atoms with Gasteiger partial charge in [0.1, 0.15) is 0 Å². The number of amides is 1. The molecule has 0 saturated carbocycles. The summed E-state index contributed by atoms with van der Waals surface area (Å²) in [5.41, 5.74) is 0.730. The van der Waals surface area contributed by atoms with Gasteiger partial charge in [-0.2, -0.15) is 13.2 Å². The molecular formula is C18H19F3N2O. The predicted octanol–water partition coefficient (Wildman–Crippen LogP) is 3.87. The Hall–Kier alpha value is -2.50. The minimum atomic E-state index is -4.39. The zero-order valence-electron chi connectivity index (χ0n) is 13.1.